The number of nitrogens with zero attached hydrogens (tertiary/aromatic N) is 1. The molecule has 0 fully saturated rings. The van der Waals surface area contributed by atoms with Gasteiger partial charge in [0.2, 0.25) is 0 Å². The maximum Gasteiger partial charge on any atom is 0.263 e. The molecular formula is C18H18N2O3S2. The lowest BCUT2D eigenvalue weighted by atomic mass is 10.1. The van der Waals surface area contributed by atoms with E-state index in [2.05, 4.69) is 10.3 Å². The van der Waals surface area contributed by atoms with Gasteiger partial charge < -0.3 is 14.8 Å². The summed E-state index contributed by atoms with van der Waals surface area (Å²) in [5, 5.41) is 5.84. The third-order valence-corrected chi connectivity index (χ3v) is 5.75. The van der Waals surface area contributed by atoms with Gasteiger partial charge in [0.1, 0.15) is 21.4 Å². The van der Waals surface area contributed by atoms with E-state index in [0.29, 0.717) is 10.6 Å². The molecule has 5 nitrogen and oxygen atoms in total. The van der Waals surface area contributed by atoms with Crippen LogP contribution in [0.15, 0.2) is 41.9 Å². The van der Waals surface area contributed by atoms with Gasteiger partial charge >= 0.3 is 0 Å². The second kappa shape index (κ2) is 7.67. The van der Waals surface area contributed by atoms with Crippen LogP contribution in [-0.4, -0.2) is 25.1 Å². The number of thiazole rings is 1. The highest BCUT2D eigenvalue weighted by Crippen LogP contribution is 2.31. The van der Waals surface area contributed by atoms with E-state index < -0.39 is 0 Å². The topological polar surface area (TPSA) is 60.5 Å². The van der Waals surface area contributed by atoms with Crippen LogP contribution in [0.1, 0.15) is 28.2 Å². The molecule has 3 aromatic rings. The second-order valence-electron chi connectivity index (χ2n) is 5.31. The molecule has 0 aliphatic rings. The Hall–Kier alpha value is -2.38. The average Bonchev–Trinajstić information content (AvgIpc) is 3.32. The number of thiophene rings is 1. The molecule has 0 aliphatic heterocycles. The fraction of sp³-hybridized carbons (Fsp3) is 0.222. The van der Waals surface area contributed by atoms with Gasteiger partial charge in [-0.05, 0) is 36.6 Å². The summed E-state index contributed by atoms with van der Waals surface area (Å²) < 4.78 is 10.7. The Balaban J connectivity index is 1.77. The maximum atomic E-state index is 12.6. The number of hydrogen-bond acceptors (Lipinski definition) is 6. The fourth-order valence-electron chi connectivity index (χ4n) is 2.42. The zero-order chi connectivity index (χ0) is 17.8. The van der Waals surface area contributed by atoms with Crippen LogP contribution in [0.4, 0.5) is 0 Å². The Kier molecular flexibility index (Phi) is 5.35. The molecule has 3 rings (SSSR count). The Morgan fingerprint density at radius 1 is 1.24 bits per heavy atom. The van der Waals surface area contributed by atoms with Gasteiger partial charge in [0.05, 0.1) is 31.3 Å². The molecule has 2 aromatic heterocycles. The van der Waals surface area contributed by atoms with E-state index in [1.165, 1.54) is 11.3 Å². The summed E-state index contributed by atoms with van der Waals surface area (Å²) in [5.41, 5.74) is 0.859. The lowest BCUT2D eigenvalue weighted by Crippen LogP contribution is -2.26. The molecule has 0 bridgehead atoms. The number of carbonyl (C=O) groups is 1. The minimum atomic E-state index is -0.232. The zero-order valence-electron chi connectivity index (χ0n) is 14.1. The van der Waals surface area contributed by atoms with Crippen molar-refractivity contribution in [2.24, 2.45) is 0 Å². The summed E-state index contributed by atoms with van der Waals surface area (Å²) in [5.74, 6) is 1.27. The number of carbonyl (C=O) groups excluding carboxylic acids is 1. The van der Waals surface area contributed by atoms with Gasteiger partial charge in [-0.1, -0.05) is 6.07 Å². The molecule has 0 radical (unpaired) electrons. The summed E-state index contributed by atoms with van der Waals surface area (Å²) in [6.45, 7) is 1.91. The monoisotopic (exact) mass is 374 g/mol. The SMILES string of the molecule is COc1ccc(OC)c(C(C)NC(=O)c2cnc(-c3cccs3)s2)c1. The number of hydrogen-bond donors (Lipinski definition) is 1. The first kappa shape index (κ1) is 17.4. The Bertz CT molecular complexity index is 859. The maximum absolute atomic E-state index is 12.6. The van der Waals surface area contributed by atoms with Gasteiger partial charge in [-0.3, -0.25) is 4.79 Å². The van der Waals surface area contributed by atoms with Crippen LogP contribution in [0, 0.1) is 0 Å². The lowest BCUT2D eigenvalue weighted by Gasteiger charge is -2.17. The van der Waals surface area contributed by atoms with Gasteiger partial charge in [-0.2, -0.15) is 0 Å². The Morgan fingerprint density at radius 2 is 2.08 bits per heavy atom. The van der Waals surface area contributed by atoms with Gasteiger partial charge in [0, 0.05) is 5.56 Å². The molecule has 130 valence electrons. The lowest BCUT2D eigenvalue weighted by molar-refractivity contribution is 0.0943. The standard InChI is InChI=1S/C18H18N2O3S2/c1-11(13-9-12(22-2)6-7-14(13)23-3)20-17(21)16-10-19-18(25-16)15-5-4-8-24-15/h4-11H,1-3H3,(H,20,21). The number of methoxy groups -OCH3 is 2. The molecule has 25 heavy (non-hydrogen) atoms. The molecule has 0 saturated heterocycles. The number of nitrogens with one attached hydrogen (secondary N) is 1. The van der Waals surface area contributed by atoms with Gasteiger partial charge in [0.25, 0.3) is 5.91 Å². The van der Waals surface area contributed by atoms with Crippen molar-refractivity contribution in [2.75, 3.05) is 14.2 Å². The van der Waals surface area contributed by atoms with E-state index in [1.807, 2.05) is 42.6 Å². The normalized spacial score (nSPS) is 11.8. The van der Waals surface area contributed by atoms with Crippen molar-refractivity contribution in [3.8, 4) is 21.4 Å². The first-order valence-electron chi connectivity index (χ1n) is 7.65. The Labute approximate surface area is 154 Å². The third-order valence-electron chi connectivity index (χ3n) is 3.71. The smallest absolute Gasteiger partial charge is 0.263 e. The van der Waals surface area contributed by atoms with E-state index >= 15 is 0 Å². The molecule has 1 atom stereocenters. The highest BCUT2D eigenvalue weighted by molar-refractivity contribution is 7.21. The quantitative estimate of drug-likeness (QED) is 0.696. The van der Waals surface area contributed by atoms with E-state index in [0.717, 1.165) is 21.2 Å². The van der Waals surface area contributed by atoms with Crippen molar-refractivity contribution >= 4 is 28.6 Å². The molecule has 0 saturated carbocycles. The molecule has 1 amide bonds. The molecule has 2 heterocycles. The molecule has 0 aliphatic carbocycles. The van der Waals surface area contributed by atoms with Crippen molar-refractivity contribution in [3.63, 3.8) is 0 Å². The molecule has 0 spiro atoms. The summed E-state index contributed by atoms with van der Waals surface area (Å²) in [4.78, 5) is 18.5. The molecule has 1 unspecified atom stereocenters. The molecule has 1 N–H and O–H groups in total. The predicted octanol–water partition coefficient (Wildman–Crippen LogP) is 4.38. The number of rotatable bonds is 6. The van der Waals surface area contributed by atoms with Gasteiger partial charge in [-0.25, -0.2) is 4.98 Å². The van der Waals surface area contributed by atoms with E-state index in [4.69, 9.17) is 9.47 Å². The van der Waals surface area contributed by atoms with E-state index in [1.54, 1.807) is 31.8 Å². The minimum Gasteiger partial charge on any atom is -0.497 e. The summed E-state index contributed by atoms with van der Waals surface area (Å²) in [6.07, 6.45) is 1.62. The highest BCUT2D eigenvalue weighted by atomic mass is 32.1. The van der Waals surface area contributed by atoms with Crippen LogP contribution in [0.3, 0.4) is 0 Å². The van der Waals surface area contributed by atoms with Crippen molar-refractivity contribution in [1.82, 2.24) is 10.3 Å². The summed E-state index contributed by atoms with van der Waals surface area (Å²) in [7, 11) is 3.22. The number of aromatic nitrogens is 1. The Morgan fingerprint density at radius 3 is 2.76 bits per heavy atom. The van der Waals surface area contributed by atoms with Crippen LogP contribution in [-0.2, 0) is 0 Å². The largest absolute Gasteiger partial charge is 0.497 e. The minimum absolute atomic E-state index is 0.155. The highest BCUT2D eigenvalue weighted by Gasteiger charge is 2.18. The predicted molar refractivity (Wildman–Crippen MR) is 101 cm³/mol. The van der Waals surface area contributed by atoms with Crippen molar-refractivity contribution in [3.05, 3.63) is 52.3 Å². The van der Waals surface area contributed by atoms with Gasteiger partial charge in [-0.15, -0.1) is 22.7 Å². The van der Waals surface area contributed by atoms with Gasteiger partial charge in [0.15, 0.2) is 0 Å². The number of ether oxygens (including phenoxy) is 2. The van der Waals surface area contributed by atoms with Crippen LogP contribution in [0.5, 0.6) is 11.5 Å². The molecule has 1 aromatic carbocycles. The fourth-order valence-corrected chi connectivity index (χ4v) is 4.04. The number of amides is 1. The van der Waals surface area contributed by atoms with E-state index in [-0.39, 0.29) is 11.9 Å². The molecular weight excluding hydrogens is 356 g/mol. The summed E-state index contributed by atoms with van der Waals surface area (Å²) in [6, 6.07) is 9.26. The third kappa shape index (κ3) is 3.83. The molecule has 7 heteroatoms. The second-order valence-corrected chi connectivity index (χ2v) is 7.29. The van der Waals surface area contributed by atoms with Crippen LogP contribution in [0.2, 0.25) is 0 Å². The van der Waals surface area contributed by atoms with Crippen LogP contribution in [0.25, 0.3) is 9.88 Å². The van der Waals surface area contributed by atoms with Crippen molar-refractivity contribution in [1.29, 1.82) is 0 Å². The van der Waals surface area contributed by atoms with Crippen molar-refractivity contribution < 1.29 is 14.3 Å². The number of benzene rings is 1. The zero-order valence-corrected chi connectivity index (χ0v) is 15.7. The van der Waals surface area contributed by atoms with Crippen LogP contribution >= 0.6 is 22.7 Å². The van der Waals surface area contributed by atoms with Crippen molar-refractivity contribution in [2.45, 2.75) is 13.0 Å². The van der Waals surface area contributed by atoms with Crippen LogP contribution < -0.4 is 14.8 Å². The first-order chi connectivity index (χ1) is 12.1. The average molecular weight is 374 g/mol. The van der Waals surface area contributed by atoms with E-state index in [9.17, 15) is 4.79 Å². The summed E-state index contributed by atoms with van der Waals surface area (Å²) >= 11 is 2.99. The first-order valence-corrected chi connectivity index (χ1v) is 9.34.